The molecule has 0 aliphatic carbocycles. The largest absolute Gasteiger partial charge is 0.347 e. The average Bonchev–Trinajstić information content (AvgIpc) is 3.55. The summed E-state index contributed by atoms with van der Waals surface area (Å²) in [5.41, 5.74) is 4.02. The van der Waals surface area contributed by atoms with Crippen molar-refractivity contribution >= 4 is 40.6 Å². The van der Waals surface area contributed by atoms with Crippen LogP contribution in [-0.2, 0) is 12.3 Å². The van der Waals surface area contributed by atoms with Crippen molar-refractivity contribution in [2.75, 3.05) is 0 Å². The van der Waals surface area contributed by atoms with E-state index in [4.69, 9.17) is 11.6 Å². The summed E-state index contributed by atoms with van der Waals surface area (Å²) in [6.45, 7) is 2.33. The molecule has 0 radical (unpaired) electrons. The van der Waals surface area contributed by atoms with Gasteiger partial charge < -0.3 is 5.32 Å². The molecule has 0 saturated heterocycles. The first-order chi connectivity index (χ1) is 18.0. The molecule has 186 valence electrons. The van der Waals surface area contributed by atoms with Crippen LogP contribution in [0.15, 0.2) is 83.3 Å². The quantitative estimate of drug-likeness (QED) is 0.218. The van der Waals surface area contributed by atoms with Gasteiger partial charge in [0.1, 0.15) is 16.5 Å². The highest BCUT2D eigenvalue weighted by atomic mass is 35.5. The topological polar surface area (TPSA) is 72.7 Å². The molecule has 2 aromatic heterocycles. The number of carbonyl (C=O) groups excluding carboxylic acids is 1. The van der Waals surface area contributed by atoms with Crippen molar-refractivity contribution in [3.8, 4) is 17.1 Å². The van der Waals surface area contributed by atoms with E-state index in [9.17, 15) is 9.18 Å². The summed E-state index contributed by atoms with van der Waals surface area (Å²) >= 11 is 9.37. The lowest BCUT2D eigenvalue weighted by Crippen LogP contribution is -2.23. The van der Waals surface area contributed by atoms with Gasteiger partial charge in [0.2, 0.25) is 0 Å². The van der Waals surface area contributed by atoms with Crippen LogP contribution in [0.4, 0.5) is 4.39 Å². The molecule has 0 bridgehead atoms. The number of carbonyl (C=O) groups is 1. The van der Waals surface area contributed by atoms with Gasteiger partial charge in [-0.1, -0.05) is 65.3 Å². The van der Waals surface area contributed by atoms with Gasteiger partial charge in [0.25, 0.3) is 5.91 Å². The smallest absolute Gasteiger partial charge is 0.271 e. The number of rotatable bonds is 8. The minimum atomic E-state index is -0.311. The molecule has 5 aromatic rings. The number of nitrogens with zero attached hydrogens (tertiary/aromatic N) is 4. The number of aryl methyl sites for hydroxylation is 1. The number of halogens is 2. The van der Waals surface area contributed by atoms with Crippen molar-refractivity contribution in [1.82, 2.24) is 25.1 Å². The first-order valence-corrected chi connectivity index (χ1v) is 13.6. The molecule has 37 heavy (non-hydrogen) atoms. The second-order valence-electron chi connectivity index (χ2n) is 8.18. The summed E-state index contributed by atoms with van der Waals surface area (Å²) in [5, 5.41) is 15.5. The summed E-state index contributed by atoms with van der Waals surface area (Å²) in [6, 6.07) is 21.7. The zero-order valence-corrected chi connectivity index (χ0v) is 22.1. The van der Waals surface area contributed by atoms with Crippen LogP contribution in [0.5, 0.6) is 0 Å². The number of aromatic nitrogens is 4. The number of nitrogens with one attached hydrogen (secondary N) is 1. The predicted molar refractivity (Wildman–Crippen MR) is 146 cm³/mol. The van der Waals surface area contributed by atoms with Gasteiger partial charge in [0.05, 0.1) is 10.8 Å². The Kier molecular flexibility index (Phi) is 7.64. The fraction of sp³-hybridized carbons (Fsp3) is 0.111. The number of amides is 1. The zero-order valence-electron chi connectivity index (χ0n) is 19.7. The summed E-state index contributed by atoms with van der Waals surface area (Å²) in [4.78, 5) is 17.0. The van der Waals surface area contributed by atoms with Gasteiger partial charge in [-0.15, -0.1) is 21.5 Å². The van der Waals surface area contributed by atoms with Crippen LogP contribution in [0.1, 0.15) is 26.6 Å². The summed E-state index contributed by atoms with van der Waals surface area (Å²) in [7, 11) is 0. The van der Waals surface area contributed by atoms with Crippen molar-refractivity contribution in [2.45, 2.75) is 24.4 Å². The van der Waals surface area contributed by atoms with Crippen molar-refractivity contribution in [2.24, 2.45) is 0 Å². The van der Waals surface area contributed by atoms with Gasteiger partial charge in [0.15, 0.2) is 11.0 Å². The third-order valence-electron chi connectivity index (χ3n) is 5.52. The minimum Gasteiger partial charge on any atom is -0.347 e. The molecule has 0 saturated carbocycles. The molecule has 3 aromatic carbocycles. The van der Waals surface area contributed by atoms with Crippen LogP contribution in [0.3, 0.4) is 0 Å². The molecular weight excluding hydrogens is 529 g/mol. The Morgan fingerprint density at radius 2 is 1.81 bits per heavy atom. The predicted octanol–water partition coefficient (Wildman–Crippen LogP) is 6.71. The molecule has 5 rings (SSSR count). The Balaban J connectivity index is 1.32. The van der Waals surface area contributed by atoms with Crippen molar-refractivity contribution < 1.29 is 9.18 Å². The van der Waals surface area contributed by atoms with E-state index in [1.165, 1.54) is 35.2 Å². The minimum absolute atomic E-state index is 0.277. The van der Waals surface area contributed by atoms with Gasteiger partial charge in [0, 0.05) is 23.2 Å². The molecule has 2 heterocycles. The van der Waals surface area contributed by atoms with Gasteiger partial charge in [-0.05, 0) is 48.9 Å². The zero-order chi connectivity index (χ0) is 25.8. The van der Waals surface area contributed by atoms with Crippen molar-refractivity contribution in [3.05, 3.63) is 111 Å². The highest BCUT2D eigenvalue weighted by molar-refractivity contribution is 7.98. The van der Waals surface area contributed by atoms with Crippen molar-refractivity contribution in [3.63, 3.8) is 0 Å². The fourth-order valence-electron chi connectivity index (χ4n) is 3.59. The Morgan fingerprint density at radius 3 is 2.57 bits per heavy atom. The normalized spacial score (nSPS) is 11.0. The van der Waals surface area contributed by atoms with Crippen molar-refractivity contribution in [1.29, 1.82) is 0 Å². The third kappa shape index (κ3) is 5.90. The lowest BCUT2D eigenvalue weighted by Gasteiger charge is -2.11. The van der Waals surface area contributed by atoms with E-state index in [0.717, 1.165) is 27.4 Å². The number of thiazole rings is 1. The molecule has 0 unspecified atom stereocenters. The average molecular weight is 550 g/mol. The van der Waals surface area contributed by atoms with Gasteiger partial charge >= 0.3 is 0 Å². The van der Waals surface area contributed by atoms with Crippen LogP contribution in [0.25, 0.3) is 17.1 Å². The van der Waals surface area contributed by atoms with Gasteiger partial charge in [-0.2, -0.15) is 0 Å². The van der Waals surface area contributed by atoms with Crippen LogP contribution in [0, 0.1) is 12.7 Å². The molecule has 0 aliphatic rings. The number of thioether (sulfide) groups is 1. The van der Waals surface area contributed by atoms with E-state index < -0.39 is 0 Å². The molecule has 0 atom stereocenters. The Labute approximate surface area is 226 Å². The molecule has 6 nitrogen and oxygen atoms in total. The van der Waals surface area contributed by atoms with E-state index in [0.29, 0.717) is 34.0 Å². The number of benzene rings is 3. The third-order valence-corrected chi connectivity index (χ3v) is 7.82. The maximum Gasteiger partial charge on any atom is 0.271 e. The lowest BCUT2D eigenvalue weighted by molar-refractivity contribution is 0.0946. The Bertz CT molecular complexity index is 1530. The fourth-order valence-corrected chi connectivity index (χ4v) is 5.55. The van der Waals surface area contributed by atoms with Crippen LogP contribution >= 0.6 is 34.7 Å². The van der Waals surface area contributed by atoms with E-state index in [1.54, 1.807) is 17.5 Å². The molecule has 1 N–H and O–H groups in total. The lowest BCUT2D eigenvalue weighted by atomic mass is 10.2. The van der Waals surface area contributed by atoms with E-state index in [2.05, 4.69) is 20.5 Å². The monoisotopic (exact) mass is 549 g/mol. The SMILES string of the molecule is Cc1ccc(-n2c(SCc3nc(C(=O)NCc4ccc(F)cc4)cs3)nnc2-c2ccccc2Cl)cc1. The van der Waals surface area contributed by atoms with Crippen LogP contribution in [0.2, 0.25) is 5.02 Å². The second kappa shape index (κ2) is 11.2. The molecule has 0 fully saturated rings. The Hall–Kier alpha value is -3.53. The molecule has 0 aliphatic heterocycles. The standard InChI is InChI=1S/C27H21ClFN5OS2/c1-17-6-12-20(13-7-17)34-25(21-4-2-3-5-22(21)28)32-33-27(34)37-16-24-31-23(15-36-24)26(35)30-14-18-8-10-19(29)11-9-18/h2-13,15H,14,16H2,1H3,(H,30,35). The van der Waals surface area contributed by atoms with E-state index >= 15 is 0 Å². The van der Waals surface area contributed by atoms with E-state index in [-0.39, 0.29) is 11.7 Å². The summed E-state index contributed by atoms with van der Waals surface area (Å²) < 4.78 is 15.1. The summed E-state index contributed by atoms with van der Waals surface area (Å²) in [6.07, 6.45) is 0. The molecule has 0 spiro atoms. The Morgan fingerprint density at radius 1 is 1.05 bits per heavy atom. The van der Waals surface area contributed by atoms with E-state index in [1.807, 2.05) is 60.0 Å². The molecule has 10 heteroatoms. The van der Waals surface area contributed by atoms with Crippen LogP contribution in [-0.4, -0.2) is 25.7 Å². The molecule has 1 amide bonds. The molecular formula is C27H21ClFN5OS2. The first kappa shape index (κ1) is 25.1. The number of hydrogen-bond donors (Lipinski definition) is 1. The van der Waals surface area contributed by atoms with Crippen LogP contribution < -0.4 is 5.32 Å². The summed E-state index contributed by atoms with van der Waals surface area (Å²) in [5.74, 6) is 0.578. The highest BCUT2D eigenvalue weighted by Crippen LogP contribution is 2.33. The van der Waals surface area contributed by atoms with Gasteiger partial charge in [-0.25, -0.2) is 9.37 Å². The maximum absolute atomic E-state index is 13.1. The number of hydrogen-bond acceptors (Lipinski definition) is 6. The second-order valence-corrected chi connectivity index (χ2v) is 10.5. The first-order valence-electron chi connectivity index (χ1n) is 11.3. The van der Waals surface area contributed by atoms with Gasteiger partial charge in [-0.3, -0.25) is 9.36 Å². The maximum atomic E-state index is 13.1. The highest BCUT2D eigenvalue weighted by Gasteiger charge is 2.19.